The third-order valence-electron chi connectivity index (χ3n) is 4.23. The van der Waals surface area contributed by atoms with Crippen LogP contribution in [0.4, 0.5) is 0 Å². The summed E-state index contributed by atoms with van der Waals surface area (Å²) >= 11 is 0. The average Bonchev–Trinajstić information content (AvgIpc) is 2.32. The van der Waals surface area contributed by atoms with Gasteiger partial charge in [0.05, 0.1) is 33.5 Å². The first-order valence-electron chi connectivity index (χ1n) is 6.42. The van der Waals surface area contributed by atoms with Crippen LogP contribution < -0.4 is 4.74 Å². The van der Waals surface area contributed by atoms with Gasteiger partial charge in [-0.05, 0) is 11.6 Å². The zero-order valence-corrected chi connectivity index (χ0v) is 11.3. The third-order valence-corrected chi connectivity index (χ3v) is 4.23. The van der Waals surface area contributed by atoms with Gasteiger partial charge in [0, 0.05) is 16.4 Å². The van der Waals surface area contributed by atoms with Crippen molar-refractivity contribution in [3.8, 4) is 5.75 Å². The maximum atomic E-state index is 5.58. The molecule has 0 bridgehead atoms. The molecule has 0 radical (unpaired) electrons. The summed E-state index contributed by atoms with van der Waals surface area (Å²) in [4.78, 5) is 0. The Balaban J connectivity index is 1.97. The maximum absolute atomic E-state index is 5.58. The Morgan fingerprint density at radius 3 is 2.06 bits per heavy atom. The Morgan fingerprint density at radius 1 is 1.00 bits per heavy atom. The molecule has 3 rings (SSSR count). The predicted molar refractivity (Wildman–Crippen MR) is 69.3 cm³/mol. The minimum absolute atomic E-state index is 0.112. The minimum atomic E-state index is 0.112. The van der Waals surface area contributed by atoms with Gasteiger partial charge in [-0.15, -0.1) is 0 Å². The zero-order valence-electron chi connectivity index (χ0n) is 11.3. The Kier molecular flexibility index (Phi) is 2.65. The molecular formula is C15H20O3. The second kappa shape index (κ2) is 3.97. The van der Waals surface area contributed by atoms with Crippen molar-refractivity contribution in [1.29, 1.82) is 0 Å². The van der Waals surface area contributed by atoms with Gasteiger partial charge < -0.3 is 14.2 Å². The Bertz CT molecular complexity index is 459. The highest BCUT2D eigenvalue weighted by Crippen LogP contribution is 2.41. The van der Waals surface area contributed by atoms with Crippen molar-refractivity contribution in [3.63, 3.8) is 0 Å². The van der Waals surface area contributed by atoms with Gasteiger partial charge in [0.1, 0.15) is 5.75 Å². The second-order valence-electron chi connectivity index (χ2n) is 6.02. The van der Waals surface area contributed by atoms with Crippen LogP contribution in [0, 0.1) is 0 Å². The Morgan fingerprint density at radius 2 is 1.61 bits per heavy atom. The fraction of sp³-hybridized carbons (Fsp3) is 0.600. The van der Waals surface area contributed by atoms with Gasteiger partial charge in [-0.25, -0.2) is 0 Å². The van der Waals surface area contributed by atoms with E-state index >= 15 is 0 Å². The standard InChI is InChI=1S/C15H20O3/c1-14(7-17-8-14)11-4-5-12(13(6-11)16-3)15(2)9-18-10-15/h4-6H,7-10H2,1-3H3. The quantitative estimate of drug-likeness (QED) is 0.821. The summed E-state index contributed by atoms with van der Waals surface area (Å²) in [5, 5.41) is 0. The molecule has 0 unspecified atom stereocenters. The van der Waals surface area contributed by atoms with Gasteiger partial charge in [-0.3, -0.25) is 0 Å². The lowest BCUT2D eigenvalue weighted by Gasteiger charge is -2.41. The molecule has 2 heterocycles. The van der Waals surface area contributed by atoms with Crippen molar-refractivity contribution in [2.24, 2.45) is 0 Å². The molecule has 0 aliphatic carbocycles. The fourth-order valence-corrected chi connectivity index (χ4v) is 2.70. The van der Waals surface area contributed by atoms with E-state index in [2.05, 4.69) is 32.0 Å². The van der Waals surface area contributed by atoms with Crippen LogP contribution in [0.5, 0.6) is 5.75 Å². The molecule has 0 spiro atoms. The summed E-state index contributed by atoms with van der Waals surface area (Å²) in [7, 11) is 1.74. The van der Waals surface area contributed by atoms with Crippen LogP contribution >= 0.6 is 0 Å². The lowest BCUT2D eigenvalue weighted by Crippen LogP contribution is -2.45. The monoisotopic (exact) mass is 248 g/mol. The van der Waals surface area contributed by atoms with Gasteiger partial charge >= 0.3 is 0 Å². The molecule has 18 heavy (non-hydrogen) atoms. The van der Waals surface area contributed by atoms with E-state index in [9.17, 15) is 0 Å². The molecular weight excluding hydrogens is 228 g/mol. The summed E-state index contributed by atoms with van der Waals surface area (Å²) in [5.41, 5.74) is 2.83. The first kappa shape index (κ1) is 12.0. The van der Waals surface area contributed by atoms with Gasteiger partial charge in [-0.2, -0.15) is 0 Å². The molecule has 0 saturated carbocycles. The van der Waals surface area contributed by atoms with E-state index in [-0.39, 0.29) is 10.8 Å². The van der Waals surface area contributed by atoms with Gasteiger partial charge in [-0.1, -0.05) is 26.0 Å². The molecule has 2 saturated heterocycles. The first-order chi connectivity index (χ1) is 8.57. The summed E-state index contributed by atoms with van der Waals surface area (Å²) in [6.07, 6.45) is 0. The van der Waals surface area contributed by atoms with Gasteiger partial charge in [0.2, 0.25) is 0 Å². The first-order valence-corrected chi connectivity index (χ1v) is 6.42. The maximum Gasteiger partial charge on any atom is 0.123 e. The number of ether oxygens (including phenoxy) is 3. The van der Waals surface area contributed by atoms with E-state index in [1.165, 1.54) is 11.1 Å². The number of benzene rings is 1. The van der Waals surface area contributed by atoms with Crippen LogP contribution in [0.3, 0.4) is 0 Å². The number of rotatable bonds is 3. The lowest BCUT2D eigenvalue weighted by molar-refractivity contribution is -0.0524. The molecule has 2 aliphatic heterocycles. The Hall–Kier alpha value is -1.06. The summed E-state index contributed by atoms with van der Waals surface area (Å²) < 4.78 is 16.3. The number of methoxy groups -OCH3 is 1. The zero-order chi connectivity index (χ0) is 12.8. The van der Waals surface area contributed by atoms with E-state index in [0.29, 0.717) is 0 Å². The summed E-state index contributed by atoms with van der Waals surface area (Å²) in [5.74, 6) is 0.978. The van der Waals surface area contributed by atoms with E-state index in [1.54, 1.807) is 7.11 Å². The Labute approximate surface area is 108 Å². The highest BCUT2D eigenvalue weighted by atomic mass is 16.5. The minimum Gasteiger partial charge on any atom is -0.496 e. The van der Waals surface area contributed by atoms with Crippen LogP contribution in [0.2, 0.25) is 0 Å². The van der Waals surface area contributed by atoms with E-state index in [4.69, 9.17) is 14.2 Å². The molecule has 2 aliphatic rings. The molecule has 0 aromatic heterocycles. The average molecular weight is 248 g/mol. The van der Waals surface area contributed by atoms with Crippen molar-refractivity contribution in [2.75, 3.05) is 33.5 Å². The van der Waals surface area contributed by atoms with Crippen LogP contribution in [-0.4, -0.2) is 33.5 Å². The topological polar surface area (TPSA) is 27.7 Å². The molecule has 1 aromatic rings. The molecule has 2 fully saturated rings. The van der Waals surface area contributed by atoms with Crippen molar-refractivity contribution >= 4 is 0 Å². The second-order valence-corrected chi connectivity index (χ2v) is 6.02. The molecule has 3 heteroatoms. The number of hydrogen-bond donors (Lipinski definition) is 0. The van der Waals surface area contributed by atoms with Crippen LogP contribution in [0.1, 0.15) is 25.0 Å². The van der Waals surface area contributed by atoms with Crippen molar-refractivity contribution in [2.45, 2.75) is 24.7 Å². The molecule has 0 amide bonds. The van der Waals surface area contributed by atoms with E-state index in [1.807, 2.05) is 0 Å². The molecule has 1 aromatic carbocycles. The van der Waals surface area contributed by atoms with E-state index < -0.39 is 0 Å². The molecule has 3 nitrogen and oxygen atoms in total. The SMILES string of the molecule is COc1cc(C2(C)COC2)ccc1C1(C)COC1. The smallest absolute Gasteiger partial charge is 0.123 e. The number of hydrogen-bond acceptors (Lipinski definition) is 3. The fourth-order valence-electron chi connectivity index (χ4n) is 2.70. The predicted octanol–water partition coefficient (Wildman–Crippen LogP) is 2.27. The highest BCUT2D eigenvalue weighted by Gasteiger charge is 2.40. The third kappa shape index (κ3) is 1.65. The van der Waals surface area contributed by atoms with Crippen LogP contribution in [0.25, 0.3) is 0 Å². The van der Waals surface area contributed by atoms with Crippen LogP contribution in [-0.2, 0) is 20.3 Å². The molecule has 98 valence electrons. The van der Waals surface area contributed by atoms with Gasteiger partial charge in [0.25, 0.3) is 0 Å². The van der Waals surface area contributed by atoms with Gasteiger partial charge in [0.15, 0.2) is 0 Å². The van der Waals surface area contributed by atoms with Crippen molar-refractivity contribution in [1.82, 2.24) is 0 Å². The highest BCUT2D eigenvalue weighted by molar-refractivity contribution is 5.46. The normalized spacial score (nSPS) is 23.9. The molecule has 0 N–H and O–H groups in total. The lowest BCUT2D eigenvalue weighted by atomic mass is 9.76. The van der Waals surface area contributed by atoms with Crippen molar-refractivity contribution < 1.29 is 14.2 Å². The van der Waals surface area contributed by atoms with E-state index in [0.717, 1.165) is 32.2 Å². The largest absolute Gasteiger partial charge is 0.496 e. The summed E-state index contributed by atoms with van der Waals surface area (Å²) in [6.45, 7) is 7.62. The summed E-state index contributed by atoms with van der Waals surface area (Å²) in [6, 6.07) is 6.58. The molecule has 0 atom stereocenters. The van der Waals surface area contributed by atoms with Crippen molar-refractivity contribution in [3.05, 3.63) is 29.3 Å². The van der Waals surface area contributed by atoms with Crippen LogP contribution in [0.15, 0.2) is 18.2 Å².